The number of carbonyl (C=O) groups is 3. The largest absolute Gasteiger partial charge is 0.479 e. The molecule has 16 N–H and O–H groups in total. The van der Waals surface area contributed by atoms with E-state index in [1.807, 2.05) is 27.7 Å². The molecule has 0 radical (unpaired) electrons. The second-order valence-electron chi connectivity index (χ2n) is 32.3. The van der Waals surface area contributed by atoms with Gasteiger partial charge in [-0.2, -0.15) is 0 Å². The van der Waals surface area contributed by atoms with Gasteiger partial charge >= 0.3 is 17.9 Å². The molecule has 0 aromatic heterocycles. The minimum Gasteiger partial charge on any atom is -0.479 e. The van der Waals surface area contributed by atoms with Crippen LogP contribution in [-0.2, 0) is 76.0 Å². The van der Waals surface area contributed by atoms with E-state index in [1.165, 1.54) is 6.92 Å². The van der Waals surface area contributed by atoms with Crippen molar-refractivity contribution in [3.05, 3.63) is 23.3 Å². The van der Waals surface area contributed by atoms with Gasteiger partial charge in [0.2, 0.25) is 0 Å². The Balaban J connectivity index is 0.914. The smallest absolute Gasteiger partial charge is 0.335 e. The van der Waals surface area contributed by atoms with Crippen LogP contribution < -0.4 is 0 Å². The Morgan fingerprint density at radius 3 is 1.64 bits per heavy atom. The summed E-state index contributed by atoms with van der Waals surface area (Å²) < 4.78 is 81.5. The minimum atomic E-state index is -2.37. The molecular formula is C69H108O32. The maximum atomic E-state index is 14.1. The molecule has 0 amide bonds. The van der Waals surface area contributed by atoms with E-state index in [-0.39, 0.29) is 30.3 Å². The van der Waals surface area contributed by atoms with E-state index >= 15 is 0 Å². The zero-order chi connectivity index (χ0) is 74.2. The molecular weight excluding hydrogens is 1340 g/mol. The van der Waals surface area contributed by atoms with Crippen molar-refractivity contribution in [1.82, 2.24) is 0 Å². The summed E-state index contributed by atoms with van der Waals surface area (Å²) in [4.78, 5) is 41.3. The molecule has 11 fully saturated rings. The van der Waals surface area contributed by atoms with Crippen molar-refractivity contribution < 1.29 is 158 Å². The molecule has 11 aliphatic rings. The molecule has 0 aromatic carbocycles. The average molecular weight is 1450 g/mol. The van der Waals surface area contributed by atoms with Crippen LogP contribution in [0.3, 0.4) is 0 Å². The lowest BCUT2D eigenvalue weighted by Gasteiger charge is -2.75. The Morgan fingerprint density at radius 1 is 0.515 bits per heavy atom. The summed E-state index contributed by atoms with van der Waals surface area (Å²) in [6.45, 7) is 19.8. The second kappa shape index (κ2) is 28.8. The number of carbonyl (C=O) groups excluding carboxylic acids is 2. The molecule has 6 heterocycles. The quantitative estimate of drug-likeness (QED) is 0.0407. The van der Waals surface area contributed by atoms with Crippen molar-refractivity contribution in [3.8, 4) is 0 Å². The summed E-state index contributed by atoms with van der Waals surface area (Å²) in [6, 6.07) is 0. The lowest BCUT2D eigenvalue weighted by Crippen LogP contribution is -2.77. The zero-order valence-electron chi connectivity index (χ0n) is 59.1. The molecule has 11 rings (SSSR count). The Kier molecular flexibility index (Phi) is 22.5. The van der Waals surface area contributed by atoms with E-state index in [1.54, 1.807) is 39.8 Å². The van der Waals surface area contributed by atoms with Gasteiger partial charge < -0.3 is 143 Å². The van der Waals surface area contributed by atoms with Crippen LogP contribution in [0.1, 0.15) is 134 Å². The molecule has 37 atom stereocenters. The first-order valence-electron chi connectivity index (χ1n) is 35.4. The average Bonchev–Trinajstić information content (AvgIpc) is 1.53. The summed E-state index contributed by atoms with van der Waals surface area (Å²) in [7, 11) is 0. The SMILES string of the molecule is C/C=C(/C)C(=O)O[C@H]1[C@H](OC(=O)/C(C)=C\C)[C@@]23C(CC1(C)C)[C@]1(CCC4[C@@]5(C)CC[C@H](O[C@@H]6O[C@H](C(=O)O)[C@@H](O)[C@H](O[C@@H]7O[C@H](CO)[C@H](O)[C@H](O)[C@H]7O[C@@H]7O[C@@H](C)[C@H](O)[C@@H](O)[C@H]7O[C@@H]7OC[C@@H](O)[C@H](O)[C@H]7O)[C@H]6O[C@@H]6O[C@H](CO)[C@H](O)[C@H](O)[C@H]6O)C(C)(C)C5CC[C@@]4(C)[C@]1(C)C[C@H]2O)O[C@H]3O. The monoisotopic (exact) mass is 1450 g/mol. The Hall–Kier alpha value is -3.15. The molecule has 32 heteroatoms. The molecule has 3 unspecified atom stereocenters. The fourth-order valence-electron chi connectivity index (χ4n) is 20.4. The van der Waals surface area contributed by atoms with E-state index in [0.29, 0.717) is 44.1 Å². The van der Waals surface area contributed by atoms with Crippen LogP contribution in [0.15, 0.2) is 23.3 Å². The molecule has 6 aliphatic heterocycles. The normalized spacial score (nSPS) is 52.6. The van der Waals surface area contributed by atoms with Crippen LogP contribution in [0.25, 0.3) is 0 Å². The zero-order valence-corrected chi connectivity index (χ0v) is 59.1. The van der Waals surface area contributed by atoms with Gasteiger partial charge in [0.15, 0.2) is 49.9 Å². The highest BCUT2D eigenvalue weighted by Crippen LogP contribution is 2.82. The van der Waals surface area contributed by atoms with E-state index in [9.17, 15) is 96.1 Å². The van der Waals surface area contributed by atoms with Crippen LogP contribution in [0.4, 0.5) is 0 Å². The number of hydrogen-bond donors (Lipinski definition) is 16. The first-order chi connectivity index (χ1) is 47.2. The number of aliphatic hydroxyl groups excluding tert-OH is 15. The molecule has 5 aliphatic carbocycles. The lowest BCUT2D eigenvalue weighted by molar-refractivity contribution is -0.411. The van der Waals surface area contributed by atoms with E-state index in [4.69, 9.17) is 61.6 Å². The fourth-order valence-corrected chi connectivity index (χ4v) is 20.4. The van der Waals surface area contributed by atoms with Crippen LogP contribution >= 0.6 is 0 Å². The van der Waals surface area contributed by atoms with Gasteiger partial charge in [-0.15, -0.1) is 0 Å². The van der Waals surface area contributed by atoms with Crippen LogP contribution in [0.5, 0.6) is 0 Å². The predicted octanol–water partition coefficient (Wildman–Crippen LogP) is -2.47. The molecule has 6 saturated heterocycles. The number of ether oxygens (including phenoxy) is 13. The highest BCUT2D eigenvalue weighted by Gasteiger charge is 2.86. The number of esters is 2. The first kappa shape index (κ1) is 78.9. The standard InChI is InChI=1S/C69H108O32/c1-13-26(3)55(86)99-52-53(100-56(87)27(4)14-2)69-34(21-63(52,6)7)68(101-62(69)88)20-16-33-65(10)18-17-36(64(8,9)32(65)15-19-66(33,11)67(68,12)22-35(69)73)93-61-51(98-58-45(82)41(78)39(76)30(23-70)91-58)47(46(83)48(95-61)54(84)85)94-60-50(43(80)40(77)31(24-71)92-60)97-59-49(42(79)37(74)28(5)90-59)96-57-44(81)38(75)29(72)25-89-57/h13-14,28-53,57-62,70-83,88H,15-25H2,1-12H3,(H,84,85)/b26-13-,27-14-/t28-,29+,30+,31+,32?,33?,34?,35+,36-,37-,38-,39-,40-,41-,42+,43-,44+,45+,46-,47-,48-,49+,50+,51+,52-,53-,57-,58-,59-,60-,61+,62+,65-,66+,67-,68-,69+/m0/s1. The Labute approximate surface area is 585 Å². The van der Waals surface area contributed by atoms with Gasteiger partial charge in [-0.1, -0.05) is 60.6 Å². The van der Waals surface area contributed by atoms with Gasteiger partial charge in [-0.05, 0) is 114 Å². The number of rotatable bonds is 17. The number of allylic oxidation sites excluding steroid dienone is 2. The topological polar surface area (TPSA) is 495 Å². The molecule has 0 aromatic rings. The van der Waals surface area contributed by atoms with Crippen molar-refractivity contribution >= 4 is 17.9 Å². The van der Waals surface area contributed by atoms with Crippen molar-refractivity contribution in [2.24, 2.45) is 50.2 Å². The number of aliphatic hydroxyl groups is 15. The predicted molar refractivity (Wildman–Crippen MR) is 338 cm³/mol. The van der Waals surface area contributed by atoms with Gasteiger partial charge in [0.1, 0.15) is 110 Å². The van der Waals surface area contributed by atoms with Crippen LogP contribution in [0.2, 0.25) is 0 Å². The van der Waals surface area contributed by atoms with Crippen molar-refractivity contribution in [2.75, 3.05) is 19.8 Å². The molecule has 101 heavy (non-hydrogen) atoms. The highest BCUT2D eigenvalue weighted by molar-refractivity contribution is 5.89. The third kappa shape index (κ3) is 12.6. The summed E-state index contributed by atoms with van der Waals surface area (Å²) in [5, 5.41) is 181. The van der Waals surface area contributed by atoms with Crippen LogP contribution in [0, 0.1) is 50.2 Å². The molecule has 5 saturated carbocycles. The maximum Gasteiger partial charge on any atom is 0.335 e. The van der Waals surface area contributed by atoms with E-state index in [0.717, 1.165) is 0 Å². The first-order valence-corrected chi connectivity index (χ1v) is 35.4. The van der Waals surface area contributed by atoms with E-state index in [2.05, 4.69) is 20.8 Å². The number of hydrogen-bond acceptors (Lipinski definition) is 31. The Morgan fingerprint density at radius 2 is 1.04 bits per heavy atom. The van der Waals surface area contributed by atoms with Gasteiger partial charge in [-0.3, -0.25) is 0 Å². The fraction of sp³-hybridized carbons (Fsp3) is 0.899. The number of carboxylic acid groups (broad SMARTS) is 1. The lowest BCUT2D eigenvalue weighted by atomic mass is 9.30. The number of carboxylic acids is 1. The highest BCUT2D eigenvalue weighted by atomic mass is 16.8. The van der Waals surface area contributed by atoms with Gasteiger partial charge in [-0.25, -0.2) is 14.4 Å². The summed E-state index contributed by atoms with van der Waals surface area (Å²) >= 11 is 0. The third-order valence-corrected chi connectivity index (χ3v) is 26.5. The van der Waals surface area contributed by atoms with E-state index < -0.39 is 260 Å². The molecule has 32 nitrogen and oxygen atoms in total. The van der Waals surface area contributed by atoms with Gasteiger partial charge in [0, 0.05) is 27.9 Å². The molecule has 576 valence electrons. The van der Waals surface area contributed by atoms with Crippen molar-refractivity contribution in [3.63, 3.8) is 0 Å². The third-order valence-electron chi connectivity index (χ3n) is 26.5. The summed E-state index contributed by atoms with van der Waals surface area (Å²) in [6.07, 6.45) is -46.9. The summed E-state index contributed by atoms with van der Waals surface area (Å²) in [5.41, 5.74) is -6.00. The van der Waals surface area contributed by atoms with Crippen molar-refractivity contribution in [1.29, 1.82) is 0 Å². The second-order valence-corrected chi connectivity index (χ2v) is 32.3. The number of aliphatic carboxylic acids is 1. The number of fused-ring (bicyclic) bond motifs is 4. The molecule has 1 spiro atoms. The van der Waals surface area contributed by atoms with Gasteiger partial charge in [0.05, 0.1) is 49.1 Å². The maximum absolute atomic E-state index is 14.1. The summed E-state index contributed by atoms with van der Waals surface area (Å²) in [5.74, 6) is -4.05. The van der Waals surface area contributed by atoms with Gasteiger partial charge in [0.25, 0.3) is 0 Å². The molecule has 2 bridgehead atoms. The Bertz CT molecular complexity index is 3040. The minimum absolute atomic E-state index is 0.1000. The van der Waals surface area contributed by atoms with Crippen molar-refractivity contribution in [2.45, 2.75) is 318 Å². The van der Waals surface area contributed by atoms with Crippen LogP contribution in [-0.4, -0.2) is 303 Å².